The molecule has 0 fully saturated rings. The molecule has 0 saturated heterocycles. The predicted octanol–water partition coefficient (Wildman–Crippen LogP) is 0.291. The first kappa shape index (κ1) is 10.6. The quantitative estimate of drug-likeness (QED) is 0.579. The maximum absolute atomic E-state index is 11.6. The number of rotatable bonds is 0. The van der Waals surface area contributed by atoms with E-state index in [1.54, 1.807) is 0 Å². The summed E-state index contributed by atoms with van der Waals surface area (Å²) in [5.41, 5.74) is -1.13. The van der Waals surface area contributed by atoms with E-state index in [1.165, 1.54) is 7.05 Å². The molecule has 0 radical (unpaired) electrons. The standard InChI is InChI=1S/C9H7ClN2O4/c1-12-9(16)3-2-4(13)7(14)6(10)5(3)8(15)11-12/h2,13-14H,1H3,(H,11,15). The number of aryl methyl sites for hydroxylation is 1. The van der Waals surface area contributed by atoms with Crippen LogP contribution in [0.15, 0.2) is 15.7 Å². The number of phenolic OH excluding ortho intramolecular Hbond substituents is 2. The zero-order chi connectivity index (χ0) is 12.0. The first-order valence-electron chi connectivity index (χ1n) is 4.27. The zero-order valence-corrected chi connectivity index (χ0v) is 8.87. The monoisotopic (exact) mass is 242 g/mol. The molecule has 0 spiro atoms. The fourth-order valence-electron chi connectivity index (χ4n) is 1.46. The molecule has 0 bridgehead atoms. The largest absolute Gasteiger partial charge is 0.504 e. The second kappa shape index (κ2) is 3.28. The summed E-state index contributed by atoms with van der Waals surface area (Å²) >= 11 is 5.68. The van der Waals surface area contributed by atoms with Crippen molar-refractivity contribution < 1.29 is 10.2 Å². The molecule has 0 atom stereocenters. The molecule has 0 aliphatic heterocycles. The van der Waals surface area contributed by atoms with Gasteiger partial charge in [0.2, 0.25) is 0 Å². The third kappa shape index (κ3) is 1.27. The van der Waals surface area contributed by atoms with Crippen LogP contribution in [0.3, 0.4) is 0 Å². The van der Waals surface area contributed by atoms with Crippen LogP contribution in [0.1, 0.15) is 0 Å². The van der Waals surface area contributed by atoms with Gasteiger partial charge in [-0.05, 0) is 6.07 Å². The summed E-state index contributed by atoms with van der Waals surface area (Å²) in [6, 6.07) is 1.01. The van der Waals surface area contributed by atoms with Gasteiger partial charge >= 0.3 is 0 Å². The van der Waals surface area contributed by atoms with Crippen molar-refractivity contribution >= 4 is 22.4 Å². The molecule has 0 aliphatic carbocycles. The Kier molecular flexibility index (Phi) is 2.16. The van der Waals surface area contributed by atoms with Crippen LogP contribution in [0.5, 0.6) is 11.5 Å². The zero-order valence-electron chi connectivity index (χ0n) is 8.11. The van der Waals surface area contributed by atoms with Crippen molar-refractivity contribution in [1.82, 2.24) is 9.78 Å². The molecule has 2 rings (SSSR count). The second-order valence-corrected chi connectivity index (χ2v) is 3.66. The van der Waals surface area contributed by atoms with Gasteiger partial charge in [-0.1, -0.05) is 11.6 Å². The van der Waals surface area contributed by atoms with E-state index in [4.69, 9.17) is 11.6 Å². The van der Waals surface area contributed by atoms with E-state index in [2.05, 4.69) is 5.10 Å². The fraction of sp³-hybridized carbons (Fsp3) is 0.111. The number of H-pyrrole nitrogens is 1. The lowest BCUT2D eigenvalue weighted by atomic mass is 10.1. The van der Waals surface area contributed by atoms with Crippen molar-refractivity contribution in [2.75, 3.05) is 0 Å². The molecule has 2 aromatic rings. The Hall–Kier alpha value is -1.95. The Morgan fingerprint density at radius 3 is 2.62 bits per heavy atom. The molecule has 16 heavy (non-hydrogen) atoms. The molecule has 0 aliphatic rings. The van der Waals surface area contributed by atoms with Gasteiger partial charge in [0, 0.05) is 7.05 Å². The predicted molar refractivity (Wildman–Crippen MR) is 58.1 cm³/mol. The number of hydrogen-bond donors (Lipinski definition) is 3. The average Bonchev–Trinajstić information content (AvgIpc) is 2.22. The highest BCUT2D eigenvalue weighted by Crippen LogP contribution is 2.36. The van der Waals surface area contributed by atoms with Gasteiger partial charge in [0.05, 0.1) is 15.8 Å². The van der Waals surface area contributed by atoms with Crippen LogP contribution in [0.4, 0.5) is 0 Å². The number of halogens is 1. The summed E-state index contributed by atoms with van der Waals surface area (Å²) in [6.07, 6.45) is 0. The van der Waals surface area contributed by atoms with Gasteiger partial charge in [-0.15, -0.1) is 0 Å². The molecule has 0 unspecified atom stereocenters. The van der Waals surface area contributed by atoms with E-state index in [1.807, 2.05) is 0 Å². The van der Waals surface area contributed by atoms with Gasteiger partial charge < -0.3 is 10.2 Å². The lowest BCUT2D eigenvalue weighted by Crippen LogP contribution is -2.27. The average molecular weight is 243 g/mol. The van der Waals surface area contributed by atoms with Crippen LogP contribution in [0.25, 0.3) is 10.8 Å². The smallest absolute Gasteiger partial charge is 0.273 e. The van der Waals surface area contributed by atoms with Gasteiger partial charge in [0.25, 0.3) is 11.1 Å². The molecule has 1 heterocycles. The van der Waals surface area contributed by atoms with Crippen molar-refractivity contribution in [3.8, 4) is 11.5 Å². The van der Waals surface area contributed by atoms with E-state index in [9.17, 15) is 19.8 Å². The first-order chi connectivity index (χ1) is 7.43. The summed E-state index contributed by atoms with van der Waals surface area (Å²) in [5, 5.41) is 20.4. The minimum atomic E-state index is -0.618. The maximum Gasteiger partial charge on any atom is 0.273 e. The van der Waals surface area contributed by atoms with Crippen LogP contribution in [-0.4, -0.2) is 20.0 Å². The Bertz CT molecular complexity index is 701. The molecule has 1 aromatic heterocycles. The van der Waals surface area contributed by atoms with E-state index in [0.717, 1.165) is 10.7 Å². The van der Waals surface area contributed by atoms with Crippen molar-refractivity contribution in [2.45, 2.75) is 0 Å². The lowest BCUT2D eigenvalue weighted by Gasteiger charge is -2.05. The minimum Gasteiger partial charge on any atom is -0.504 e. The number of hydrogen-bond acceptors (Lipinski definition) is 4. The van der Waals surface area contributed by atoms with Gasteiger partial charge in [-0.25, -0.2) is 0 Å². The third-order valence-electron chi connectivity index (χ3n) is 2.25. The van der Waals surface area contributed by atoms with Gasteiger partial charge in [0.15, 0.2) is 11.5 Å². The normalized spacial score (nSPS) is 10.9. The summed E-state index contributed by atoms with van der Waals surface area (Å²) < 4.78 is 0.970. The number of aromatic amines is 1. The number of fused-ring (bicyclic) bond motifs is 1. The van der Waals surface area contributed by atoms with E-state index in [0.29, 0.717) is 0 Å². The number of nitrogens with zero attached hydrogens (tertiary/aromatic N) is 1. The van der Waals surface area contributed by atoms with Gasteiger partial charge in [0.1, 0.15) is 0 Å². The molecule has 0 amide bonds. The van der Waals surface area contributed by atoms with Crippen LogP contribution >= 0.6 is 11.6 Å². The summed E-state index contributed by atoms with van der Waals surface area (Å²) in [4.78, 5) is 23.2. The molecule has 7 heteroatoms. The van der Waals surface area contributed by atoms with E-state index in [-0.39, 0.29) is 15.8 Å². The summed E-state index contributed by atoms with van der Waals surface area (Å²) in [5.74, 6) is -1.16. The topological polar surface area (TPSA) is 95.3 Å². The molecule has 0 saturated carbocycles. The minimum absolute atomic E-state index is 0.0495. The Morgan fingerprint density at radius 2 is 2.00 bits per heavy atom. The van der Waals surface area contributed by atoms with Crippen LogP contribution in [-0.2, 0) is 7.05 Å². The number of phenols is 2. The SMILES string of the molecule is Cn1[nH]c(=O)c2c(Cl)c(O)c(O)cc2c1=O. The number of nitrogens with one attached hydrogen (secondary N) is 1. The lowest BCUT2D eigenvalue weighted by molar-refractivity contribution is 0.405. The molecular formula is C9H7ClN2O4. The number of aromatic hydroxyl groups is 2. The maximum atomic E-state index is 11.6. The highest BCUT2D eigenvalue weighted by molar-refractivity contribution is 6.37. The number of benzene rings is 1. The Balaban J connectivity index is 3.20. The van der Waals surface area contributed by atoms with Crippen molar-refractivity contribution in [3.05, 3.63) is 31.8 Å². The first-order valence-corrected chi connectivity index (χ1v) is 4.64. The molecular weight excluding hydrogens is 236 g/mol. The molecule has 84 valence electrons. The Labute approximate surface area is 93.3 Å². The molecule has 3 N–H and O–H groups in total. The van der Waals surface area contributed by atoms with Crippen LogP contribution < -0.4 is 11.1 Å². The Morgan fingerprint density at radius 1 is 1.38 bits per heavy atom. The van der Waals surface area contributed by atoms with E-state index >= 15 is 0 Å². The van der Waals surface area contributed by atoms with Crippen LogP contribution in [0, 0.1) is 0 Å². The van der Waals surface area contributed by atoms with Crippen molar-refractivity contribution in [1.29, 1.82) is 0 Å². The highest BCUT2D eigenvalue weighted by Gasteiger charge is 2.16. The second-order valence-electron chi connectivity index (χ2n) is 3.29. The fourth-order valence-corrected chi connectivity index (χ4v) is 1.74. The molecule has 6 nitrogen and oxygen atoms in total. The van der Waals surface area contributed by atoms with Crippen molar-refractivity contribution in [3.63, 3.8) is 0 Å². The third-order valence-corrected chi connectivity index (χ3v) is 2.62. The van der Waals surface area contributed by atoms with Gasteiger partial charge in [-0.3, -0.25) is 19.4 Å². The van der Waals surface area contributed by atoms with Crippen molar-refractivity contribution in [2.24, 2.45) is 7.05 Å². The van der Waals surface area contributed by atoms with Gasteiger partial charge in [-0.2, -0.15) is 0 Å². The van der Waals surface area contributed by atoms with E-state index < -0.39 is 22.6 Å². The summed E-state index contributed by atoms with van der Waals surface area (Å²) in [7, 11) is 1.36. The highest BCUT2D eigenvalue weighted by atomic mass is 35.5. The number of aromatic nitrogens is 2. The molecule has 1 aromatic carbocycles. The summed E-state index contributed by atoms with van der Waals surface area (Å²) in [6.45, 7) is 0. The van der Waals surface area contributed by atoms with Crippen LogP contribution in [0.2, 0.25) is 5.02 Å².